The van der Waals surface area contributed by atoms with Crippen LogP contribution in [0.15, 0.2) is 18.2 Å². The summed E-state index contributed by atoms with van der Waals surface area (Å²) in [6, 6.07) is 4.09. The van der Waals surface area contributed by atoms with Crippen LogP contribution >= 0.6 is 35.0 Å². The second-order valence-electron chi connectivity index (χ2n) is 4.37. The molecule has 3 amide bonds. The number of rotatable bonds is 1. The molecule has 1 aromatic carbocycles. The summed E-state index contributed by atoms with van der Waals surface area (Å²) >= 11 is 13.5. The molecule has 0 aromatic heterocycles. The molecule has 0 aliphatic carbocycles. The Morgan fingerprint density at radius 2 is 1.84 bits per heavy atom. The van der Waals surface area contributed by atoms with Gasteiger partial charge in [0.2, 0.25) is 0 Å². The van der Waals surface area contributed by atoms with E-state index in [4.69, 9.17) is 23.2 Å². The lowest BCUT2D eigenvalue weighted by Crippen LogP contribution is -2.41. The van der Waals surface area contributed by atoms with Crippen LogP contribution in [-0.2, 0) is 4.79 Å². The van der Waals surface area contributed by atoms with E-state index < -0.39 is 0 Å². The maximum absolute atomic E-state index is 12.3. The first-order valence-corrected chi connectivity index (χ1v) is 7.67. The van der Waals surface area contributed by atoms with Crippen molar-refractivity contribution < 1.29 is 9.59 Å². The van der Waals surface area contributed by atoms with Crippen LogP contribution in [0.3, 0.4) is 0 Å². The van der Waals surface area contributed by atoms with E-state index in [9.17, 15) is 9.59 Å². The molecule has 3 rings (SSSR count). The molecule has 100 valence electrons. The van der Waals surface area contributed by atoms with Crippen molar-refractivity contribution in [1.29, 1.82) is 0 Å². The number of hydrogen-bond donors (Lipinski definition) is 0. The maximum Gasteiger partial charge on any atom is 0.332 e. The van der Waals surface area contributed by atoms with Crippen molar-refractivity contribution in [3.63, 3.8) is 0 Å². The number of nitrogens with zero attached hydrogens (tertiary/aromatic N) is 2. The first-order valence-electron chi connectivity index (χ1n) is 5.76. The highest BCUT2D eigenvalue weighted by molar-refractivity contribution is 7.99. The predicted octanol–water partition coefficient (Wildman–Crippen LogP) is 2.88. The van der Waals surface area contributed by atoms with Gasteiger partial charge >= 0.3 is 6.03 Å². The minimum Gasteiger partial charge on any atom is -0.310 e. The normalized spacial score (nSPS) is 22.9. The lowest BCUT2D eigenvalue weighted by molar-refractivity contribution is -0.119. The Labute approximate surface area is 124 Å². The highest BCUT2D eigenvalue weighted by Crippen LogP contribution is 2.32. The van der Waals surface area contributed by atoms with E-state index in [1.807, 2.05) is 0 Å². The molecule has 2 aliphatic heterocycles. The Bertz CT molecular complexity index is 522. The van der Waals surface area contributed by atoms with E-state index in [1.54, 1.807) is 34.9 Å². The van der Waals surface area contributed by atoms with Gasteiger partial charge in [-0.05, 0) is 18.2 Å². The van der Waals surface area contributed by atoms with Crippen molar-refractivity contribution in [3.8, 4) is 0 Å². The third-order valence-corrected chi connectivity index (χ3v) is 4.64. The second kappa shape index (κ2) is 4.89. The molecule has 2 heterocycles. The Morgan fingerprint density at radius 1 is 1.16 bits per heavy atom. The lowest BCUT2D eigenvalue weighted by Gasteiger charge is -2.25. The van der Waals surface area contributed by atoms with Gasteiger partial charge in [0.1, 0.15) is 6.04 Å². The third kappa shape index (κ3) is 2.20. The first kappa shape index (κ1) is 13.1. The monoisotopic (exact) mass is 316 g/mol. The SMILES string of the molecule is O=C1C2CSCCN2C(=O)N1c1cc(Cl)cc(Cl)c1. The molecule has 0 bridgehead atoms. The molecule has 19 heavy (non-hydrogen) atoms. The zero-order chi connectivity index (χ0) is 13.6. The third-order valence-electron chi connectivity index (χ3n) is 3.18. The Kier molecular flexibility index (Phi) is 3.37. The van der Waals surface area contributed by atoms with Gasteiger partial charge in [0.15, 0.2) is 0 Å². The maximum atomic E-state index is 12.3. The fraction of sp³-hybridized carbons (Fsp3) is 0.333. The standard InChI is InChI=1S/C12H10Cl2N2O2S/c13-7-3-8(14)5-9(4-7)16-11(17)10-6-19-2-1-15(10)12(16)18/h3-5,10H,1-2,6H2. The van der Waals surface area contributed by atoms with Crippen molar-refractivity contribution in [2.75, 3.05) is 23.0 Å². The van der Waals surface area contributed by atoms with Gasteiger partial charge in [-0.3, -0.25) is 4.79 Å². The molecule has 0 spiro atoms. The van der Waals surface area contributed by atoms with Crippen LogP contribution in [0, 0.1) is 0 Å². The van der Waals surface area contributed by atoms with Crippen LogP contribution in [-0.4, -0.2) is 40.9 Å². The number of benzene rings is 1. The molecule has 1 aromatic rings. The minimum atomic E-state index is -0.357. The number of hydrogen-bond acceptors (Lipinski definition) is 3. The topological polar surface area (TPSA) is 40.6 Å². The molecule has 1 unspecified atom stereocenters. The molecular formula is C12H10Cl2N2O2S. The summed E-state index contributed by atoms with van der Waals surface area (Å²) in [5, 5.41) is 0.810. The van der Waals surface area contributed by atoms with Gasteiger partial charge in [-0.15, -0.1) is 0 Å². The van der Waals surface area contributed by atoms with E-state index in [1.165, 1.54) is 4.90 Å². The number of anilines is 1. The van der Waals surface area contributed by atoms with Gasteiger partial charge in [0.05, 0.1) is 5.69 Å². The van der Waals surface area contributed by atoms with Crippen LogP contribution in [0.1, 0.15) is 0 Å². The summed E-state index contributed by atoms with van der Waals surface area (Å²) in [6.07, 6.45) is 0. The van der Waals surface area contributed by atoms with Crippen molar-refractivity contribution in [2.24, 2.45) is 0 Å². The number of amides is 3. The van der Waals surface area contributed by atoms with Gasteiger partial charge in [0, 0.05) is 28.1 Å². The Morgan fingerprint density at radius 3 is 2.47 bits per heavy atom. The van der Waals surface area contributed by atoms with E-state index >= 15 is 0 Å². The van der Waals surface area contributed by atoms with Crippen molar-refractivity contribution in [1.82, 2.24) is 4.90 Å². The zero-order valence-corrected chi connectivity index (χ0v) is 12.1. The molecule has 0 saturated carbocycles. The summed E-state index contributed by atoms with van der Waals surface area (Å²) in [5.41, 5.74) is 0.437. The van der Waals surface area contributed by atoms with Gasteiger partial charge in [-0.1, -0.05) is 23.2 Å². The van der Waals surface area contributed by atoms with E-state index in [-0.39, 0.29) is 18.0 Å². The first-order chi connectivity index (χ1) is 9.08. The van der Waals surface area contributed by atoms with Crippen LogP contribution in [0.2, 0.25) is 10.0 Å². The van der Waals surface area contributed by atoms with Gasteiger partial charge in [-0.25, -0.2) is 9.69 Å². The number of urea groups is 1. The summed E-state index contributed by atoms with van der Waals surface area (Å²) < 4.78 is 0. The van der Waals surface area contributed by atoms with Crippen LogP contribution in [0.4, 0.5) is 10.5 Å². The minimum absolute atomic E-state index is 0.199. The highest BCUT2D eigenvalue weighted by atomic mass is 35.5. The summed E-state index contributed by atoms with van der Waals surface area (Å²) in [4.78, 5) is 27.4. The fourth-order valence-corrected chi connectivity index (χ4v) is 3.87. The number of carbonyl (C=O) groups is 2. The quantitative estimate of drug-likeness (QED) is 0.748. The van der Waals surface area contributed by atoms with Crippen molar-refractivity contribution in [2.45, 2.75) is 6.04 Å². The Balaban J connectivity index is 2.00. The van der Waals surface area contributed by atoms with Crippen molar-refractivity contribution in [3.05, 3.63) is 28.2 Å². The molecule has 0 N–H and O–H groups in total. The summed E-state index contributed by atoms with van der Waals surface area (Å²) in [5.74, 6) is 1.31. The van der Waals surface area contributed by atoms with Gasteiger partial charge in [0.25, 0.3) is 5.91 Å². The van der Waals surface area contributed by atoms with Gasteiger partial charge in [-0.2, -0.15) is 11.8 Å². The van der Waals surface area contributed by atoms with E-state index in [2.05, 4.69) is 0 Å². The van der Waals surface area contributed by atoms with Crippen molar-refractivity contribution >= 4 is 52.6 Å². The Hall–Kier alpha value is -0.910. The molecule has 1 atom stereocenters. The lowest BCUT2D eigenvalue weighted by atomic mass is 10.2. The zero-order valence-electron chi connectivity index (χ0n) is 9.81. The molecule has 7 heteroatoms. The molecule has 4 nitrogen and oxygen atoms in total. The summed E-state index contributed by atoms with van der Waals surface area (Å²) in [7, 11) is 0. The highest BCUT2D eigenvalue weighted by Gasteiger charge is 2.46. The van der Waals surface area contributed by atoms with E-state index in [0.29, 0.717) is 28.0 Å². The molecule has 2 aliphatic rings. The average molecular weight is 317 g/mol. The molecule has 2 fully saturated rings. The average Bonchev–Trinajstić information content (AvgIpc) is 2.61. The van der Waals surface area contributed by atoms with Crippen LogP contribution < -0.4 is 4.90 Å². The second-order valence-corrected chi connectivity index (χ2v) is 6.39. The fourth-order valence-electron chi connectivity index (χ4n) is 2.32. The smallest absolute Gasteiger partial charge is 0.310 e. The van der Waals surface area contributed by atoms with E-state index in [0.717, 1.165) is 5.75 Å². The van der Waals surface area contributed by atoms with Crippen LogP contribution in [0.5, 0.6) is 0 Å². The van der Waals surface area contributed by atoms with Crippen LogP contribution in [0.25, 0.3) is 0 Å². The molecule has 0 radical (unpaired) electrons. The number of imide groups is 1. The number of carbonyl (C=O) groups excluding carboxylic acids is 2. The van der Waals surface area contributed by atoms with Gasteiger partial charge < -0.3 is 4.90 Å². The number of halogens is 2. The summed E-state index contributed by atoms with van der Waals surface area (Å²) in [6.45, 7) is 0.602. The number of thioether (sulfide) groups is 1. The molecular weight excluding hydrogens is 307 g/mol. The largest absolute Gasteiger partial charge is 0.332 e. The molecule has 2 saturated heterocycles. The predicted molar refractivity (Wildman–Crippen MR) is 77.2 cm³/mol. The number of fused-ring (bicyclic) bond motifs is 1.